The van der Waals surface area contributed by atoms with Crippen LogP contribution >= 0.6 is 0 Å². The molecule has 1 saturated heterocycles. The van der Waals surface area contributed by atoms with Crippen LogP contribution in [0.4, 0.5) is 5.69 Å². The molecule has 102 valence electrons. The fourth-order valence-corrected chi connectivity index (χ4v) is 1.81. The van der Waals surface area contributed by atoms with Gasteiger partial charge in [-0.05, 0) is 6.07 Å². The number of nitro benzene ring substituents is 1. The minimum atomic E-state index is -0.536. The number of methoxy groups -OCH3 is 1. The first-order chi connectivity index (χ1) is 9.11. The van der Waals surface area contributed by atoms with Gasteiger partial charge >= 0.3 is 0 Å². The number of non-ortho nitro benzene ring substituents is 1. The van der Waals surface area contributed by atoms with E-state index in [1.54, 1.807) is 0 Å². The van der Waals surface area contributed by atoms with Gasteiger partial charge in [0.1, 0.15) is 5.75 Å². The molecular formula is C12H15N3O4. The van der Waals surface area contributed by atoms with Crippen molar-refractivity contribution in [2.75, 3.05) is 26.7 Å². The van der Waals surface area contributed by atoms with Crippen molar-refractivity contribution >= 4 is 11.6 Å². The second-order valence-corrected chi connectivity index (χ2v) is 4.38. The van der Waals surface area contributed by atoms with Crippen LogP contribution in [0.5, 0.6) is 5.75 Å². The zero-order valence-electron chi connectivity index (χ0n) is 10.5. The van der Waals surface area contributed by atoms with Gasteiger partial charge in [-0.1, -0.05) is 0 Å². The van der Waals surface area contributed by atoms with E-state index in [4.69, 9.17) is 4.74 Å². The van der Waals surface area contributed by atoms with Crippen LogP contribution < -0.4 is 15.4 Å². The standard InChI is InChI=1S/C12H15N3O4/c1-19-11-3-2-9(15(17)18)4-10(11)12(16)14-7-8-5-13-6-8/h2-4,8,13H,5-7H2,1H3,(H,14,16). The monoisotopic (exact) mass is 265 g/mol. The normalized spacial score (nSPS) is 14.6. The highest BCUT2D eigenvalue weighted by molar-refractivity contribution is 5.97. The van der Waals surface area contributed by atoms with Gasteiger partial charge in [0.2, 0.25) is 0 Å². The Bertz CT molecular complexity index is 500. The van der Waals surface area contributed by atoms with E-state index in [0.29, 0.717) is 18.2 Å². The van der Waals surface area contributed by atoms with E-state index >= 15 is 0 Å². The third kappa shape index (κ3) is 3.00. The molecule has 0 aliphatic carbocycles. The fraction of sp³-hybridized carbons (Fsp3) is 0.417. The first-order valence-corrected chi connectivity index (χ1v) is 5.93. The van der Waals surface area contributed by atoms with E-state index in [2.05, 4.69) is 10.6 Å². The van der Waals surface area contributed by atoms with E-state index in [1.807, 2.05) is 0 Å². The van der Waals surface area contributed by atoms with Gasteiger partial charge in [0, 0.05) is 37.7 Å². The number of benzene rings is 1. The lowest BCUT2D eigenvalue weighted by atomic mass is 10.0. The second-order valence-electron chi connectivity index (χ2n) is 4.38. The summed E-state index contributed by atoms with van der Waals surface area (Å²) in [5, 5.41) is 16.6. The SMILES string of the molecule is COc1ccc([N+](=O)[O-])cc1C(=O)NCC1CNC1. The highest BCUT2D eigenvalue weighted by Crippen LogP contribution is 2.23. The molecule has 7 heteroatoms. The maximum Gasteiger partial charge on any atom is 0.270 e. The maximum absolute atomic E-state index is 12.0. The molecule has 0 spiro atoms. The summed E-state index contributed by atoms with van der Waals surface area (Å²) in [5.74, 6) is 0.399. The highest BCUT2D eigenvalue weighted by Gasteiger charge is 2.20. The molecule has 0 unspecified atom stereocenters. The summed E-state index contributed by atoms with van der Waals surface area (Å²) < 4.78 is 5.05. The molecule has 0 saturated carbocycles. The average Bonchev–Trinajstić information content (AvgIpc) is 2.35. The van der Waals surface area contributed by atoms with E-state index in [9.17, 15) is 14.9 Å². The van der Waals surface area contributed by atoms with E-state index in [-0.39, 0.29) is 17.2 Å². The van der Waals surface area contributed by atoms with E-state index in [0.717, 1.165) is 13.1 Å². The largest absolute Gasteiger partial charge is 0.496 e. The van der Waals surface area contributed by atoms with Crippen LogP contribution in [0.2, 0.25) is 0 Å². The molecule has 1 aliphatic rings. The predicted molar refractivity (Wildman–Crippen MR) is 68.3 cm³/mol. The van der Waals surface area contributed by atoms with Crippen molar-refractivity contribution in [2.24, 2.45) is 5.92 Å². The van der Waals surface area contributed by atoms with Crippen molar-refractivity contribution in [1.82, 2.24) is 10.6 Å². The third-order valence-electron chi connectivity index (χ3n) is 3.06. The van der Waals surface area contributed by atoms with Crippen LogP contribution in [-0.2, 0) is 0 Å². The first-order valence-electron chi connectivity index (χ1n) is 5.93. The van der Waals surface area contributed by atoms with Crippen molar-refractivity contribution in [2.45, 2.75) is 0 Å². The van der Waals surface area contributed by atoms with Gasteiger partial charge in [-0.2, -0.15) is 0 Å². The average molecular weight is 265 g/mol. The van der Waals surface area contributed by atoms with Crippen LogP contribution in [0.25, 0.3) is 0 Å². The van der Waals surface area contributed by atoms with E-state index < -0.39 is 4.92 Å². The Kier molecular flexibility index (Phi) is 3.96. The van der Waals surface area contributed by atoms with Crippen LogP contribution in [0.1, 0.15) is 10.4 Å². The zero-order chi connectivity index (χ0) is 13.8. The molecule has 0 atom stereocenters. The van der Waals surface area contributed by atoms with Gasteiger partial charge in [-0.15, -0.1) is 0 Å². The van der Waals surface area contributed by atoms with Crippen LogP contribution in [0.15, 0.2) is 18.2 Å². The number of carbonyl (C=O) groups is 1. The molecule has 1 aromatic carbocycles. The van der Waals surface area contributed by atoms with Gasteiger partial charge in [-0.25, -0.2) is 0 Å². The summed E-state index contributed by atoms with van der Waals surface area (Å²) in [5.41, 5.74) is 0.0558. The van der Waals surface area contributed by atoms with Crippen molar-refractivity contribution in [3.8, 4) is 5.75 Å². The van der Waals surface area contributed by atoms with Crippen molar-refractivity contribution in [3.63, 3.8) is 0 Å². The van der Waals surface area contributed by atoms with Gasteiger partial charge in [0.15, 0.2) is 0 Å². The van der Waals surface area contributed by atoms with Crippen molar-refractivity contribution in [1.29, 1.82) is 0 Å². The highest BCUT2D eigenvalue weighted by atomic mass is 16.6. The number of carbonyl (C=O) groups excluding carboxylic acids is 1. The smallest absolute Gasteiger partial charge is 0.270 e. The number of amides is 1. The summed E-state index contributed by atoms with van der Waals surface area (Å²) >= 11 is 0. The Balaban J connectivity index is 2.12. The fourth-order valence-electron chi connectivity index (χ4n) is 1.81. The Morgan fingerprint density at radius 2 is 2.32 bits per heavy atom. The number of ether oxygens (including phenoxy) is 1. The predicted octanol–water partition coefficient (Wildman–Crippen LogP) is 0.553. The molecule has 1 aromatic rings. The van der Waals surface area contributed by atoms with Crippen LogP contribution in [0, 0.1) is 16.0 Å². The van der Waals surface area contributed by atoms with Gasteiger partial charge < -0.3 is 15.4 Å². The molecular weight excluding hydrogens is 250 g/mol. The van der Waals surface area contributed by atoms with Crippen LogP contribution in [0.3, 0.4) is 0 Å². The summed E-state index contributed by atoms with van der Waals surface area (Å²) in [6.45, 7) is 2.32. The van der Waals surface area contributed by atoms with Gasteiger partial charge in [0.25, 0.3) is 11.6 Å². The number of hydrogen-bond donors (Lipinski definition) is 2. The molecule has 19 heavy (non-hydrogen) atoms. The number of hydrogen-bond acceptors (Lipinski definition) is 5. The first kappa shape index (κ1) is 13.3. The minimum absolute atomic E-state index is 0.128. The van der Waals surface area contributed by atoms with Gasteiger partial charge in [0.05, 0.1) is 17.6 Å². The lowest BCUT2D eigenvalue weighted by Crippen LogP contribution is -2.48. The molecule has 7 nitrogen and oxygen atoms in total. The molecule has 1 fully saturated rings. The maximum atomic E-state index is 12.0. The summed E-state index contributed by atoms with van der Waals surface area (Å²) in [6, 6.07) is 3.97. The number of nitrogens with one attached hydrogen (secondary N) is 2. The Labute approximate surface area is 110 Å². The second kappa shape index (κ2) is 5.66. The van der Waals surface area contributed by atoms with E-state index in [1.165, 1.54) is 25.3 Å². The lowest BCUT2D eigenvalue weighted by Gasteiger charge is -2.27. The Hall–Kier alpha value is -2.15. The minimum Gasteiger partial charge on any atom is -0.496 e. The topological polar surface area (TPSA) is 93.5 Å². The molecule has 0 radical (unpaired) electrons. The van der Waals surface area contributed by atoms with Crippen molar-refractivity contribution < 1.29 is 14.5 Å². The number of nitrogens with zero attached hydrogens (tertiary/aromatic N) is 1. The molecule has 1 heterocycles. The Morgan fingerprint density at radius 3 is 2.84 bits per heavy atom. The lowest BCUT2D eigenvalue weighted by molar-refractivity contribution is -0.384. The zero-order valence-corrected chi connectivity index (χ0v) is 10.5. The number of nitro groups is 1. The summed E-state index contributed by atoms with van der Waals surface area (Å²) in [6.07, 6.45) is 0. The number of rotatable bonds is 5. The summed E-state index contributed by atoms with van der Waals surface area (Å²) in [4.78, 5) is 22.2. The molecule has 1 amide bonds. The van der Waals surface area contributed by atoms with Gasteiger partial charge in [-0.3, -0.25) is 14.9 Å². The summed E-state index contributed by atoms with van der Waals surface area (Å²) in [7, 11) is 1.42. The quantitative estimate of drug-likeness (QED) is 0.599. The third-order valence-corrected chi connectivity index (χ3v) is 3.06. The van der Waals surface area contributed by atoms with Crippen LogP contribution in [-0.4, -0.2) is 37.6 Å². The Morgan fingerprint density at radius 1 is 1.58 bits per heavy atom. The molecule has 2 rings (SSSR count). The van der Waals surface area contributed by atoms with Crippen molar-refractivity contribution in [3.05, 3.63) is 33.9 Å². The molecule has 1 aliphatic heterocycles. The molecule has 2 N–H and O–H groups in total. The molecule has 0 bridgehead atoms. The molecule has 0 aromatic heterocycles.